The number of ether oxygens (including phenoxy) is 1. The summed E-state index contributed by atoms with van der Waals surface area (Å²) in [6.07, 6.45) is 0. The molecule has 0 fully saturated rings. The quantitative estimate of drug-likeness (QED) is 0.902. The molecular weight excluding hydrogens is 308 g/mol. The number of benzene rings is 2. The number of carboxylic acids is 1. The van der Waals surface area contributed by atoms with Crippen molar-refractivity contribution in [2.75, 3.05) is 0 Å². The van der Waals surface area contributed by atoms with Crippen molar-refractivity contribution in [1.82, 2.24) is 0 Å². The molecule has 2 aromatic carbocycles. The molecule has 0 radical (unpaired) electrons. The molecule has 0 aromatic heterocycles. The Bertz CT molecular complexity index is 635. The van der Waals surface area contributed by atoms with Crippen LogP contribution in [0.25, 0.3) is 0 Å². The first-order valence-corrected chi connectivity index (χ1v) is 6.55. The minimum Gasteiger partial charge on any atom is -0.478 e. The fourth-order valence-corrected chi connectivity index (χ4v) is 2.07. The van der Waals surface area contributed by atoms with E-state index in [0.29, 0.717) is 16.0 Å². The van der Waals surface area contributed by atoms with Crippen molar-refractivity contribution < 1.29 is 14.6 Å². The highest BCUT2D eigenvalue weighted by Gasteiger charge is 2.13. The van der Waals surface area contributed by atoms with Gasteiger partial charge >= 0.3 is 5.97 Å². The van der Waals surface area contributed by atoms with Crippen molar-refractivity contribution in [1.29, 1.82) is 0 Å². The van der Waals surface area contributed by atoms with Gasteiger partial charge in [0.05, 0.1) is 0 Å². The van der Waals surface area contributed by atoms with Gasteiger partial charge in [-0.1, -0.05) is 28.1 Å². The van der Waals surface area contributed by atoms with Crippen LogP contribution in [0.4, 0.5) is 0 Å². The number of aryl methyl sites for hydroxylation is 1. The summed E-state index contributed by atoms with van der Waals surface area (Å²) in [5.74, 6) is -0.00386. The van der Waals surface area contributed by atoms with Crippen molar-refractivity contribution in [2.45, 2.75) is 13.8 Å². The highest BCUT2D eigenvalue weighted by molar-refractivity contribution is 9.10. The van der Waals surface area contributed by atoms with E-state index in [9.17, 15) is 9.90 Å². The number of carbonyl (C=O) groups is 1. The Labute approximate surface area is 120 Å². The molecule has 0 saturated carbocycles. The van der Waals surface area contributed by atoms with Crippen molar-refractivity contribution in [3.8, 4) is 11.5 Å². The number of rotatable bonds is 3. The van der Waals surface area contributed by atoms with E-state index >= 15 is 0 Å². The summed E-state index contributed by atoms with van der Waals surface area (Å²) < 4.78 is 6.44. The maximum atomic E-state index is 11.2. The van der Waals surface area contributed by atoms with E-state index in [-0.39, 0.29) is 5.56 Å². The van der Waals surface area contributed by atoms with Crippen LogP contribution in [0, 0.1) is 13.8 Å². The van der Waals surface area contributed by atoms with Crippen LogP contribution in [0.5, 0.6) is 11.5 Å². The van der Waals surface area contributed by atoms with Crippen molar-refractivity contribution in [2.24, 2.45) is 0 Å². The second-order valence-electron chi connectivity index (χ2n) is 4.25. The van der Waals surface area contributed by atoms with E-state index in [1.807, 2.05) is 32.0 Å². The molecule has 0 aliphatic carbocycles. The lowest BCUT2D eigenvalue weighted by molar-refractivity contribution is 0.0694. The van der Waals surface area contributed by atoms with E-state index in [1.54, 1.807) is 12.1 Å². The van der Waals surface area contributed by atoms with Crippen molar-refractivity contribution in [3.05, 3.63) is 57.6 Å². The van der Waals surface area contributed by atoms with Crippen LogP contribution in [-0.2, 0) is 0 Å². The molecule has 2 rings (SSSR count). The first kappa shape index (κ1) is 13.6. The average Bonchev–Trinajstić information content (AvgIpc) is 2.36. The molecule has 98 valence electrons. The Kier molecular flexibility index (Phi) is 3.90. The Morgan fingerprint density at radius 2 is 1.89 bits per heavy atom. The number of aromatic carboxylic acids is 1. The van der Waals surface area contributed by atoms with Gasteiger partial charge in [-0.2, -0.15) is 0 Å². The average molecular weight is 321 g/mol. The predicted molar refractivity (Wildman–Crippen MR) is 77.1 cm³/mol. The zero-order chi connectivity index (χ0) is 14.0. The number of halogens is 1. The predicted octanol–water partition coefficient (Wildman–Crippen LogP) is 4.56. The highest BCUT2D eigenvalue weighted by Crippen LogP contribution is 2.31. The lowest BCUT2D eigenvalue weighted by Crippen LogP contribution is -2.00. The molecule has 0 bridgehead atoms. The maximum absolute atomic E-state index is 11.2. The summed E-state index contributed by atoms with van der Waals surface area (Å²) in [5, 5.41) is 9.19. The summed E-state index contributed by atoms with van der Waals surface area (Å²) >= 11 is 3.26. The molecule has 0 aliphatic heterocycles. The smallest absolute Gasteiger partial charge is 0.339 e. The van der Waals surface area contributed by atoms with Crippen LogP contribution in [0.1, 0.15) is 21.5 Å². The van der Waals surface area contributed by atoms with E-state index in [1.165, 1.54) is 6.07 Å². The van der Waals surface area contributed by atoms with Crippen molar-refractivity contribution >= 4 is 21.9 Å². The van der Waals surface area contributed by atoms with Gasteiger partial charge in [-0.25, -0.2) is 4.79 Å². The minimum absolute atomic E-state index is 0.135. The Morgan fingerprint density at radius 1 is 1.16 bits per heavy atom. The molecule has 2 aromatic rings. The molecule has 3 nitrogen and oxygen atoms in total. The third-order valence-corrected chi connectivity index (χ3v) is 3.44. The molecule has 19 heavy (non-hydrogen) atoms. The number of hydrogen-bond donors (Lipinski definition) is 1. The zero-order valence-corrected chi connectivity index (χ0v) is 12.2. The van der Waals surface area contributed by atoms with Crippen LogP contribution >= 0.6 is 15.9 Å². The van der Waals surface area contributed by atoms with Gasteiger partial charge in [-0.3, -0.25) is 0 Å². The molecular formula is C15H13BrO3. The molecule has 0 spiro atoms. The van der Waals surface area contributed by atoms with Crippen molar-refractivity contribution in [3.63, 3.8) is 0 Å². The lowest BCUT2D eigenvalue weighted by Gasteiger charge is -2.12. The maximum Gasteiger partial charge on any atom is 0.339 e. The summed E-state index contributed by atoms with van der Waals surface area (Å²) in [6, 6.07) is 10.6. The summed E-state index contributed by atoms with van der Waals surface area (Å²) in [4.78, 5) is 11.2. The van der Waals surface area contributed by atoms with Gasteiger partial charge in [0, 0.05) is 4.47 Å². The van der Waals surface area contributed by atoms with E-state index in [4.69, 9.17) is 4.74 Å². The topological polar surface area (TPSA) is 46.5 Å². The largest absolute Gasteiger partial charge is 0.478 e. The molecule has 0 unspecified atom stereocenters. The van der Waals surface area contributed by atoms with Gasteiger partial charge in [-0.05, 0) is 49.2 Å². The van der Waals surface area contributed by atoms with Gasteiger partial charge in [-0.15, -0.1) is 0 Å². The fourth-order valence-electron chi connectivity index (χ4n) is 1.71. The second kappa shape index (κ2) is 5.45. The standard InChI is InChI=1S/C15H13BrO3/c1-9-4-3-5-13(10(9)2)19-14-7-6-11(16)8-12(14)15(17)18/h3-8H,1-2H3,(H,17,18). The third-order valence-electron chi connectivity index (χ3n) is 2.95. The van der Waals surface area contributed by atoms with Crippen LogP contribution in [0.2, 0.25) is 0 Å². The van der Waals surface area contributed by atoms with Gasteiger partial charge in [0.15, 0.2) is 0 Å². The van der Waals surface area contributed by atoms with Gasteiger partial charge in [0.2, 0.25) is 0 Å². The normalized spacial score (nSPS) is 10.3. The Hall–Kier alpha value is -1.81. The lowest BCUT2D eigenvalue weighted by atomic mass is 10.1. The van der Waals surface area contributed by atoms with Crippen LogP contribution in [-0.4, -0.2) is 11.1 Å². The van der Waals surface area contributed by atoms with Crippen LogP contribution in [0.3, 0.4) is 0 Å². The van der Waals surface area contributed by atoms with Gasteiger partial charge in [0.1, 0.15) is 17.1 Å². The molecule has 0 aliphatic rings. The molecule has 0 saturated heterocycles. The minimum atomic E-state index is -1.01. The molecule has 1 N–H and O–H groups in total. The highest BCUT2D eigenvalue weighted by atomic mass is 79.9. The first-order valence-electron chi connectivity index (χ1n) is 5.76. The van der Waals surface area contributed by atoms with Gasteiger partial charge in [0.25, 0.3) is 0 Å². The van der Waals surface area contributed by atoms with Crippen LogP contribution < -0.4 is 4.74 Å². The molecule has 0 atom stereocenters. The Morgan fingerprint density at radius 3 is 2.58 bits per heavy atom. The van der Waals surface area contributed by atoms with E-state index in [0.717, 1.165) is 11.1 Å². The molecule has 0 amide bonds. The number of hydrogen-bond acceptors (Lipinski definition) is 2. The monoisotopic (exact) mass is 320 g/mol. The molecule has 0 heterocycles. The molecule has 4 heteroatoms. The summed E-state index contributed by atoms with van der Waals surface area (Å²) in [5.41, 5.74) is 2.24. The first-order chi connectivity index (χ1) is 8.99. The zero-order valence-electron chi connectivity index (χ0n) is 10.6. The van der Waals surface area contributed by atoms with E-state index in [2.05, 4.69) is 15.9 Å². The SMILES string of the molecule is Cc1cccc(Oc2ccc(Br)cc2C(=O)O)c1C. The number of carboxylic acid groups (broad SMARTS) is 1. The summed E-state index contributed by atoms with van der Waals surface area (Å²) in [6.45, 7) is 3.94. The second-order valence-corrected chi connectivity index (χ2v) is 5.16. The van der Waals surface area contributed by atoms with Crippen LogP contribution in [0.15, 0.2) is 40.9 Å². The van der Waals surface area contributed by atoms with Gasteiger partial charge < -0.3 is 9.84 Å². The van der Waals surface area contributed by atoms with E-state index < -0.39 is 5.97 Å². The third kappa shape index (κ3) is 2.96. The Balaban J connectivity index is 2.44. The summed E-state index contributed by atoms with van der Waals surface area (Å²) in [7, 11) is 0. The fraction of sp³-hybridized carbons (Fsp3) is 0.133.